The van der Waals surface area contributed by atoms with Crippen molar-refractivity contribution < 1.29 is 19.1 Å². The molecule has 1 amide bonds. The van der Waals surface area contributed by atoms with Gasteiger partial charge in [-0.25, -0.2) is 14.6 Å². The Kier molecular flexibility index (Phi) is 6.83. The summed E-state index contributed by atoms with van der Waals surface area (Å²) in [4.78, 5) is 36.6. The Morgan fingerprint density at radius 3 is 2.48 bits per heavy atom. The molecule has 0 atom stereocenters. The van der Waals surface area contributed by atoms with Gasteiger partial charge in [-0.1, -0.05) is 12.1 Å². The van der Waals surface area contributed by atoms with Crippen LogP contribution >= 0.6 is 0 Å². The predicted molar refractivity (Wildman–Crippen MR) is 109 cm³/mol. The molecule has 0 radical (unpaired) electrons. The van der Waals surface area contributed by atoms with Crippen molar-refractivity contribution in [3.05, 3.63) is 42.1 Å². The molecule has 1 saturated heterocycles. The molecule has 1 aliphatic rings. The van der Waals surface area contributed by atoms with Gasteiger partial charge >= 0.3 is 12.1 Å². The molecule has 0 spiro atoms. The van der Waals surface area contributed by atoms with Crippen LogP contribution in [0.4, 0.5) is 22.2 Å². The molecule has 2 heterocycles. The van der Waals surface area contributed by atoms with Gasteiger partial charge in [-0.3, -0.25) is 0 Å². The van der Waals surface area contributed by atoms with Crippen LogP contribution < -0.4 is 10.2 Å². The maximum Gasteiger partial charge on any atom is 0.409 e. The third kappa shape index (κ3) is 5.13. The summed E-state index contributed by atoms with van der Waals surface area (Å²) in [6.45, 7) is 6.55. The lowest BCUT2D eigenvalue weighted by Crippen LogP contribution is -2.49. The van der Waals surface area contributed by atoms with Crippen LogP contribution in [0.5, 0.6) is 0 Å². The van der Waals surface area contributed by atoms with Gasteiger partial charge in [-0.05, 0) is 32.0 Å². The van der Waals surface area contributed by atoms with E-state index >= 15 is 0 Å². The van der Waals surface area contributed by atoms with E-state index in [1.807, 2.05) is 11.0 Å². The van der Waals surface area contributed by atoms with Gasteiger partial charge in [0.1, 0.15) is 5.82 Å². The van der Waals surface area contributed by atoms with E-state index in [0.29, 0.717) is 62.4 Å². The monoisotopic (exact) mass is 399 g/mol. The van der Waals surface area contributed by atoms with Gasteiger partial charge in [0, 0.05) is 32.4 Å². The quantitative estimate of drug-likeness (QED) is 0.741. The van der Waals surface area contributed by atoms with Crippen LogP contribution in [0, 0.1) is 0 Å². The minimum absolute atomic E-state index is 0.293. The van der Waals surface area contributed by atoms with Gasteiger partial charge in [0.2, 0.25) is 5.95 Å². The third-order valence-corrected chi connectivity index (χ3v) is 4.42. The molecule has 0 aliphatic carbocycles. The number of para-hydroxylation sites is 1. The van der Waals surface area contributed by atoms with Gasteiger partial charge in [0.25, 0.3) is 0 Å². The number of aromatic nitrogens is 2. The van der Waals surface area contributed by atoms with Crippen LogP contribution in [0.25, 0.3) is 0 Å². The summed E-state index contributed by atoms with van der Waals surface area (Å²) < 4.78 is 10.2. The smallest absolute Gasteiger partial charge is 0.409 e. The lowest BCUT2D eigenvalue weighted by atomic mass is 10.2. The first-order chi connectivity index (χ1) is 14.1. The van der Waals surface area contributed by atoms with E-state index in [-0.39, 0.29) is 12.1 Å². The van der Waals surface area contributed by atoms with E-state index in [0.717, 1.165) is 0 Å². The number of esters is 1. The molecule has 29 heavy (non-hydrogen) atoms. The molecule has 2 aromatic rings. The van der Waals surface area contributed by atoms with E-state index in [9.17, 15) is 9.59 Å². The van der Waals surface area contributed by atoms with Gasteiger partial charge in [0.05, 0.1) is 24.5 Å². The fourth-order valence-corrected chi connectivity index (χ4v) is 2.99. The van der Waals surface area contributed by atoms with Crippen molar-refractivity contribution >= 4 is 29.5 Å². The molecule has 9 heteroatoms. The Balaban J connectivity index is 1.69. The molecule has 1 aromatic carbocycles. The molecule has 1 fully saturated rings. The van der Waals surface area contributed by atoms with E-state index in [4.69, 9.17) is 9.47 Å². The minimum atomic E-state index is -0.389. The zero-order valence-electron chi connectivity index (χ0n) is 16.6. The van der Waals surface area contributed by atoms with E-state index < -0.39 is 0 Å². The van der Waals surface area contributed by atoms with Crippen LogP contribution in [0.3, 0.4) is 0 Å². The van der Waals surface area contributed by atoms with Crippen molar-refractivity contribution in [2.24, 2.45) is 0 Å². The zero-order chi connectivity index (χ0) is 20.6. The topological polar surface area (TPSA) is 96.9 Å². The molecular weight excluding hydrogens is 374 g/mol. The normalized spacial score (nSPS) is 13.7. The van der Waals surface area contributed by atoms with E-state index in [1.54, 1.807) is 49.2 Å². The summed E-state index contributed by atoms with van der Waals surface area (Å²) in [6.07, 6.45) is 1.37. The second kappa shape index (κ2) is 9.72. The number of piperazine rings is 1. The number of amides is 1. The highest BCUT2D eigenvalue weighted by molar-refractivity contribution is 5.96. The van der Waals surface area contributed by atoms with Gasteiger partial charge < -0.3 is 24.6 Å². The number of hydrogen-bond donors (Lipinski definition) is 1. The summed E-state index contributed by atoms with van der Waals surface area (Å²) in [5.41, 5.74) is 1.06. The Morgan fingerprint density at radius 2 is 1.76 bits per heavy atom. The second-order valence-electron chi connectivity index (χ2n) is 6.31. The first kappa shape index (κ1) is 20.4. The molecule has 1 aromatic heterocycles. The second-order valence-corrected chi connectivity index (χ2v) is 6.31. The van der Waals surface area contributed by atoms with E-state index in [1.165, 1.54) is 0 Å². The summed E-state index contributed by atoms with van der Waals surface area (Å²) >= 11 is 0. The zero-order valence-corrected chi connectivity index (χ0v) is 16.6. The Bertz CT molecular complexity index is 852. The molecule has 0 saturated carbocycles. The maximum atomic E-state index is 12.2. The average Bonchev–Trinajstić information content (AvgIpc) is 2.75. The fraction of sp³-hybridized carbons (Fsp3) is 0.400. The first-order valence-electron chi connectivity index (χ1n) is 9.65. The predicted octanol–water partition coefficient (Wildman–Crippen LogP) is 2.68. The number of carbonyl (C=O) groups is 2. The highest BCUT2D eigenvalue weighted by Crippen LogP contribution is 2.22. The number of ether oxygens (including phenoxy) is 2. The lowest BCUT2D eigenvalue weighted by molar-refractivity contribution is 0.0527. The van der Waals surface area contributed by atoms with Crippen molar-refractivity contribution in [1.29, 1.82) is 0 Å². The van der Waals surface area contributed by atoms with Crippen molar-refractivity contribution in [2.75, 3.05) is 49.6 Å². The van der Waals surface area contributed by atoms with Crippen molar-refractivity contribution in [2.45, 2.75) is 13.8 Å². The molecular formula is C20H25N5O4. The van der Waals surface area contributed by atoms with Crippen LogP contribution in [-0.2, 0) is 9.47 Å². The van der Waals surface area contributed by atoms with Crippen LogP contribution in [0.2, 0.25) is 0 Å². The Labute approximate surface area is 169 Å². The SMILES string of the molecule is CCOC(=O)c1ccccc1Nc1ccnc(N2CCN(C(=O)OCC)CC2)n1. The maximum absolute atomic E-state index is 12.2. The number of nitrogens with zero attached hydrogens (tertiary/aromatic N) is 4. The molecule has 0 unspecified atom stereocenters. The summed E-state index contributed by atoms with van der Waals surface area (Å²) in [7, 11) is 0. The van der Waals surface area contributed by atoms with Gasteiger partial charge in [-0.15, -0.1) is 0 Å². The van der Waals surface area contributed by atoms with Gasteiger partial charge in [-0.2, -0.15) is 4.98 Å². The standard InChI is InChI=1S/C20H25N5O4/c1-3-28-18(26)15-7-5-6-8-16(15)22-17-9-10-21-19(23-17)24-11-13-25(14-12-24)20(27)29-4-2/h5-10H,3-4,11-14H2,1-2H3,(H,21,22,23). The number of carbonyl (C=O) groups excluding carboxylic acids is 2. The summed E-state index contributed by atoms with van der Waals surface area (Å²) in [5, 5.41) is 3.17. The highest BCUT2D eigenvalue weighted by atomic mass is 16.6. The molecule has 154 valence electrons. The van der Waals surface area contributed by atoms with Crippen LogP contribution in [0.1, 0.15) is 24.2 Å². The Hall–Kier alpha value is -3.36. The molecule has 3 rings (SSSR count). The molecule has 1 N–H and O–H groups in total. The van der Waals surface area contributed by atoms with Crippen molar-refractivity contribution in [1.82, 2.24) is 14.9 Å². The Morgan fingerprint density at radius 1 is 1.03 bits per heavy atom. The summed E-state index contributed by atoms with van der Waals surface area (Å²) in [5.74, 6) is 0.742. The van der Waals surface area contributed by atoms with Crippen molar-refractivity contribution in [3.8, 4) is 0 Å². The number of nitrogens with one attached hydrogen (secondary N) is 1. The van der Waals surface area contributed by atoms with Crippen molar-refractivity contribution in [3.63, 3.8) is 0 Å². The van der Waals surface area contributed by atoms with Crippen LogP contribution in [-0.4, -0.2) is 66.3 Å². The highest BCUT2D eigenvalue weighted by Gasteiger charge is 2.23. The third-order valence-electron chi connectivity index (χ3n) is 4.42. The molecule has 0 bridgehead atoms. The average molecular weight is 399 g/mol. The number of rotatable bonds is 6. The fourth-order valence-electron chi connectivity index (χ4n) is 2.99. The first-order valence-corrected chi connectivity index (χ1v) is 9.65. The number of hydrogen-bond acceptors (Lipinski definition) is 8. The molecule has 9 nitrogen and oxygen atoms in total. The van der Waals surface area contributed by atoms with Crippen LogP contribution in [0.15, 0.2) is 36.5 Å². The largest absolute Gasteiger partial charge is 0.462 e. The van der Waals surface area contributed by atoms with E-state index in [2.05, 4.69) is 15.3 Å². The minimum Gasteiger partial charge on any atom is -0.462 e. The number of anilines is 3. The number of benzene rings is 1. The lowest BCUT2D eigenvalue weighted by Gasteiger charge is -2.34. The van der Waals surface area contributed by atoms with Gasteiger partial charge in [0.15, 0.2) is 0 Å². The summed E-state index contributed by atoms with van der Waals surface area (Å²) in [6, 6.07) is 8.86. The molecule has 1 aliphatic heterocycles.